The topological polar surface area (TPSA) is 42.4 Å². The number of rotatable bonds is 4. The number of hydrogen-bond donors (Lipinski definition) is 1. The maximum atomic E-state index is 10.5. The van der Waals surface area contributed by atoms with E-state index >= 15 is 0 Å². The fourth-order valence-corrected chi connectivity index (χ4v) is 3.83. The van der Waals surface area contributed by atoms with Crippen molar-refractivity contribution in [1.82, 2.24) is 4.98 Å². The Balaban J connectivity index is 2.07. The summed E-state index contributed by atoms with van der Waals surface area (Å²) in [7, 11) is 1.73. The molecule has 3 nitrogen and oxygen atoms in total. The van der Waals surface area contributed by atoms with E-state index in [-0.39, 0.29) is 5.60 Å². The van der Waals surface area contributed by atoms with Gasteiger partial charge >= 0.3 is 0 Å². The molecule has 3 unspecified atom stereocenters. The average molecular weight is 269 g/mol. The zero-order chi connectivity index (χ0) is 13.2. The van der Waals surface area contributed by atoms with Gasteiger partial charge in [-0.05, 0) is 25.7 Å². The highest BCUT2D eigenvalue weighted by molar-refractivity contribution is 7.09. The molecule has 2 rings (SSSR count). The normalized spacial score (nSPS) is 30.3. The molecule has 1 heterocycles. The molecular weight excluding hydrogens is 246 g/mol. The number of aryl methyl sites for hydroxylation is 1. The van der Waals surface area contributed by atoms with E-state index in [1.165, 1.54) is 6.42 Å². The van der Waals surface area contributed by atoms with Crippen molar-refractivity contribution in [2.24, 2.45) is 5.92 Å². The second-order valence-corrected chi connectivity index (χ2v) is 6.52. The molecule has 1 aromatic rings. The minimum absolute atomic E-state index is 0.364. The highest BCUT2D eigenvalue weighted by Gasteiger charge is 2.41. The molecule has 18 heavy (non-hydrogen) atoms. The summed E-state index contributed by atoms with van der Waals surface area (Å²) in [5, 5.41) is 13.6. The van der Waals surface area contributed by atoms with Crippen molar-refractivity contribution in [2.75, 3.05) is 7.11 Å². The Bertz CT molecular complexity index is 393. The van der Waals surface area contributed by atoms with Crippen LogP contribution in [0, 0.1) is 12.8 Å². The van der Waals surface area contributed by atoms with Crippen LogP contribution < -0.4 is 0 Å². The molecule has 0 saturated heterocycles. The second-order valence-electron chi connectivity index (χ2n) is 5.57. The summed E-state index contributed by atoms with van der Waals surface area (Å²) < 4.78 is 5.72. The Kier molecular flexibility index (Phi) is 4.41. The van der Waals surface area contributed by atoms with Gasteiger partial charge in [-0.2, -0.15) is 0 Å². The molecule has 1 aliphatic carbocycles. The summed E-state index contributed by atoms with van der Waals surface area (Å²) >= 11 is 1.63. The van der Waals surface area contributed by atoms with Gasteiger partial charge in [0.05, 0.1) is 16.7 Å². The van der Waals surface area contributed by atoms with Gasteiger partial charge in [-0.15, -0.1) is 11.3 Å². The standard InChI is InChI=1S/C14H23NO2S/c1-10-5-4-6-14(8-10,17-3)12(16)7-13-15-11(2)9-18-13/h9-10,12,16H,4-8H2,1-3H3. The minimum atomic E-state index is -0.448. The molecule has 1 aromatic heterocycles. The summed E-state index contributed by atoms with van der Waals surface area (Å²) in [6, 6.07) is 0. The minimum Gasteiger partial charge on any atom is -0.390 e. The van der Waals surface area contributed by atoms with Crippen molar-refractivity contribution in [3.05, 3.63) is 16.1 Å². The highest BCUT2D eigenvalue weighted by Crippen LogP contribution is 2.38. The number of hydrogen-bond acceptors (Lipinski definition) is 4. The predicted molar refractivity (Wildman–Crippen MR) is 73.9 cm³/mol. The first kappa shape index (κ1) is 14.0. The van der Waals surface area contributed by atoms with Crippen molar-refractivity contribution >= 4 is 11.3 Å². The number of nitrogens with zero attached hydrogens (tertiary/aromatic N) is 1. The third kappa shape index (κ3) is 2.92. The zero-order valence-electron chi connectivity index (χ0n) is 11.5. The van der Waals surface area contributed by atoms with Crippen LogP contribution in [0.1, 0.15) is 43.3 Å². The van der Waals surface area contributed by atoms with E-state index in [4.69, 9.17) is 4.74 Å². The first-order valence-corrected chi connectivity index (χ1v) is 7.58. The molecule has 3 atom stereocenters. The lowest BCUT2D eigenvalue weighted by molar-refractivity contribution is -0.131. The lowest BCUT2D eigenvalue weighted by Crippen LogP contribution is -2.48. The van der Waals surface area contributed by atoms with E-state index in [2.05, 4.69) is 11.9 Å². The van der Waals surface area contributed by atoms with Crippen LogP contribution in [0.2, 0.25) is 0 Å². The first-order valence-electron chi connectivity index (χ1n) is 6.70. The van der Waals surface area contributed by atoms with Gasteiger partial charge in [0, 0.05) is 24.6 Å². The smallest absolute Gasteiger partial charge is 0.0955 e. The lowest BCUT2D eigenvalue weighted by Gasteiger charge is -2.42. The van der Waals surface area contributed by atoms with Gasteiger partial charge in [-0.1, -0.05) is 19.8 Å². The maximum Gasteiger partial charge on any atom is 0.0955 e. The second kappa shape index (κ2) is 5.68. The first-order chi connectivity index (χ1) is 8.55. The molecule has 102 valence electrons. The summed E-state index contributed by atoms with van der Waals surface area (Å²) in [5.41, 5.74) is 0.669. The molecule has 0 aromatic carbocycles. The molecule has 0 radical (unpaired) electrons. The van der Waals surface area contributed by atoms with E-state index in [0.717, 1.165) is 30.0 Å². The van der Waals surface area contributed by atoms with Gasteiger partial charge in [-0.3, -0.25) is 0 Å². The molecular formula is C14H23NO2S. The molecule has 0 amide bonds. The SMILES string of the molecule is COC1(C(O)Cc2nc(C)cs2)CCCC(C)C1. The number of aliphatic hydroxyl groups is 1. The van der Waals surface area contributed by atoms with Crippen LogP contribution >= 0.6 is 11.3 Å². The van der Waals surface area contributed by atoms with Crippen LogP contribution in [0.3, 0.4) is 0 Å². The van der Waals surface area contributed by atoms with Crippen LogP contribution in [-0.2, 0) is 11.2 Å². The molecule has 4 heteroatoms. The van der Waals surface area contributed by atoms with Crippen molar-refractivity contribution in [1.29, 1.82) is 0 Å². The van der Waals surface area contributed by atoms with Crippen LogP contribution in [0.4, 0.5) is 0 Å². The van der Waals surface area contributed by atoms with E-state index < -0.39 is 6.10 Å². The third-order valence-electron chi connectivity index (χ3n) is 4.04. The third-order valence-corrected chi connectivity index (χ3v) is 5.03. The molecule has 0 bridgehead atoms. The average Bonchev–Trinajstić information content (AvgIpc) is 2.74. The van der Waals surface area contributed by atoms with E-state index in [0.29, 0.717) is 12.3 Å². The molecule has 1 N–H and O–H groups in total. The Hall–Kier alpha value is -0.450. The zero-order valence-corrected chi connectivity index (χ0v) is 12.3. The predicted octanol–water partition coefficient (Wildman–Crippen LogP) is 2.95. The van der Waals surface area contributed by atoms with E-state index in [1.807, 2.05) is 12.3 Å². The van der Waals surface area contributed by atoms with Crippen LogP contribution in [0.5, 0.6) is 0 Å². The summed E-state index contributed by atoms with van der Waals surface area (Å²) in [6.45, 7) is 4.23. The summed E-state index contributed by atoms with van der Waals surface area (Å²) in [6.07, 6.45) is 4.46. The number of aliphatic hydroxyl groups excluding tert-OH is 1. The highest BCUT2D eigenvalue weighted by atomic mass is 32.1. The molecule has 1 saturated carbocycles. The van der Waals surface area contributed by atoms with Gasteiger partial charge in [0.1, 0.15) is 0 Å². The van der Waals surface area contributed by atoms with Crippen molar-refractivity contribution in [2.45, 2.75) is 57.7 Å². The van der Waals surface area contributed by atoms with Crippen LogP contribution in [-0.4, -0.2) is 28.9 Å². The number of thiazole rings is 1. The van der Waals surface area contributed by atoms with E-state index in [1.54, 1.807) is 18.4 Å². The van der Waals surface area contributed by atoms with Gasteiger partial charge in [-0.25, -0.2) is 4.98 Å². The Morgan fingerprint density at radius 1 is 1.67 bits per heavy atom. The van der Waals surface area contributed by atoms with E-state index in [9.17, 15) is 5.11 Å². The molecule has 0 spiro atoms. The Morgan fingerprint density at radius 2 is 2.44 bits per heavy atom. The largest absolute Gasteiger partial charge is 0.390 e. The van der Waals surface area contributed by atoms with Crippen molar-refractivity contribution in [3.8, 4) is 0 Å². The quantitative estimate of drug-likeness (QED) is 0.914. The summed E-state index contributed by atoms with van der Waals surface area (Å²) in [4.78, 5) is 4.43. The van der Waals surface area contributed by atoms with Crippen LogP contribution in [0.15, 0.2) is 5.38 Å². The number of aromatic nitrogens is 1. The van der Waals surface area contributed by atoms with Gasteiger partial charge in [0.2, 0.25) is 0 Å². The maximum absolute atomic E-state index is 10.5. The van der Waals surface area contributed by atoms with Crippen LogP contribution in [0.25, 0.3) is 0 Å². The van der Waals surface area contributed by atoms with Crippen molar-refractivity contribution < 1.29 is 9.84 Å². The number of ether oxygens (including phenoxy) is 1. The van der Waals surface area contributed by atoms with Gasteiger partial charge in [0.25, 0.3) is 0 Å². The fourth-order valence-electron chi connectivity index (χ4n) is 3.02. The molecule has 0 aliphatic heterocycles. The van der Waals surface area contributed by atoms with Gasteiger partial charge in [0.15, 0.2) is 0 Å². The van der Waals surface area contributed by atoms with Crippen molar-refractivity contribution in [3.63, 3.8) is 0 Å². The number of methoxy groups -OCH3 is 1. The monoisotopic (exact) mass is 269 g/mol. The van der Waals surface area contributed by atoms with Gasteiger partial charge < -0.3 is 9.84 Å². The Labute approximate surface area is 113 Å². The summed E-state index contributed by atoms with van der Waals surface area (Å²) in [5.74, 6) is 0.631. The molecule has 1 aliphatic rings. The molecule has 1 fully saturated rings. The Morgan fingerprint density at radius 3 is 3.00 bits per heavy atom. The lowest BCUT2D eigenvalue weighted by atomic mass is 9.75. The fraction of sp³-hybridized carbons (Fsp3) is 0.786.